The maximum Gasteiger partial charge on any atom is 0.145 e. The minimum atomic E-state index is 0.482. The van der Waals surface area contributed by atoms with Gasteiger partial charge in [-0.15, -0.1) is 0 Å². The second-order valence-corrected chi connectivity index (χ2v) is 5.21. The molecule has 0 amide bonds. The molecule has 108 valence electrons. The van der Waals surface area contributed by atoms with Crippen molar-refractivity contribution < 1.29 is 0 Å². The van der Waals surface area contributed by atoms with Gasteiger partial charge in [0.2, 0.25) is 0 Å². The quantitative estimate of drug-likeness (QED) is 0.914. The number of nitriles is 1. The van der Waals surface area contributed by atoms with Crippen molar-refractivity contribution >= 4 is 11.5 Å². The number of pyridine rings is 1. The molecule has 0 saturated heterocycles. The number of anilines is 2. The van der Waals surface area contributed by atoms with E-state index >= 15 is 0 Å². The number of benzene rings is 1. The van der Waals surface area contributed by atoms with Gasteiger partial charge in [0.15, 0.2) is 0 Å². The third kappa shape index (κ3) is 3.96. The van der Waals surface area contributed by atoms with E-state index in [4.69, 9.17) is 5.26 Å². The summed E-state index contributed by atoms with van der Waals surface area (Å²) in [5.74, 6) is 0.752. The molecule has 0 atom stereocenters. The molecule has 0 fully saturated rings. The molecule has 0 aliphatic carbocycles. The van der Waals surface area contributed by atoms with Gasteiger partial charge in [-0.25, -0.2) is 4.98 Å². The summed E-state index contributed by atoms with van der Waals surface area (Å²) in [5.41, 5.74) is 3.86. The molecular formula is C17H20N4. The Bertz CT molecular complexity index is 639. The average Bonchev–Trinajstić information content (AvgIpc) is 2.49. The third-order valence-corrected chi connectivity index (χ3v) is 3.38. The molecule has 4 heteroatoms. The summed E-state index contributed by atoms with van der Waals surface area (Å²) < 4.78 is 0. The number of aryl methyl sites for hydroxylation is 1. The van der Waals surface area contributed by atoms with Gasteiger partial charge in [-0.1, -0.05) is 18.2 Å². The highest BCUT2D eigenvalue weighted by Gasteiger charge is 2.01. The molecule has 0 bridgehead atoms. The van der Waals surface area contributed by atoms with Gasteiger partial charge < -0.3 is 10.2 Å². The number of rotatable bonds is 5. The SMILES string of the molecule is Cc1ccc(NCCc2ccc(N(C)C)cc2)nc1C#N. The van der Waals surface area contributed by atoms with E-state index in [0.29, 0.717) is 5.69 Å². The Morgan fingerprint density at radius 3 is 2.48 bits per heavy atom. The summed E-state index contributed by atoms with van der Waals surface area (Å²) in [5, 5.41) is 12.2. The van der Waals surface area contributed by atoms with E-state index < -0.39 is 0 Å². The van der Waals surface area contributed by atoms with Crippen LogP contribution in [-0.4, -0.2) is 25.6 Å². The number of aromatic nitrogens is 1. The van der Waals surface area contributed by atoms with E-state index in [0.717, 1.165) is 24.3 Å². The molecule has 1 N–H and O–H groups in total. The fourth-order valence-corrected chi connectivity index (χ4v) is 2.04. The van der Waals surface area contributed by atoms with Crippen LogP contribution in [0.15, 0.2) is 36.4 Å². The van der Waals surface area contributed by atoms with Gasteiger partial charge in [0, 0.05) is 26.3 Å². The van der Waals surface area contributed by atoms with Gasteiger partial charge in [0.25, 0.3) is 0 Å². The second-order valence-electron chi connectivity index (χ2n) is 5.21. The summed E-state index contributed by atoms with van der Waals surface area (Å²) in [6, 6.07) is 14.4. The van der Waals surface area contributed by atoms with E-state index in [1.54, 1.807) is 0 Å². The van der Waals surface area contributed by atoms with Gasteiger partial charge in [0.05, 0.1) is 0 Å². The molecule has 0 radical (unpaired) electrons. The van der Waals surface area contributed by atoms with E-state index in [1.807, 2.05) is 33.2 Å². The van der Waals surface area contributed by atoms with Crippen molar-refractivity contribution in [1.29, 1.82) is 5.26 Å². The Hall–Kier alpha value is -2.54. The summed E-state index contributed by atoms with van der Waals surface area (Å²) in [6.45, 7) is 2.68. The van der Waals surface area contributed by atoms with Gasteiger partial charge in [-0.05, 0) is 42.7 Å². The van der Waals surface area contributed by atoms with Crippen LogP contribution < -0.4 is 10.2 Å². The predicted molar refractivity (Wildman–Crippen MR) is 86.7 cm³/mol. The molecule has 1 aromatic heterocycles. The molecule has 21 heavy (non-hydrogen) atoms. The smallest absolute Gasteiger partial charge is 0.145 e. The van der Waals surface area contributed by atoms with Gasteiger partial charge >= 0.3 is 0 Å². The maximum absolute atomic E-state index is 8.97. The molecule has 0 aliphatic rings. The van der Waals surface area contributed by atoms with Crippen LogP contribution in [0.25, 0.3) is 0 Å². The van der Waals surface area contributed by atoms with Crippen molar-refractivity contribution in [2.24, 2.45) is 0 Å². The first-order valence-electron chi connectivity index (χ1n) is 6.98. The summed E-state index contributed by atoms with van der Waals surface area (Å²) >= 11 is 0. The Morgan fingerprint density at radius 1 is 1.14 bits per heavy atom. The van der Waals surface area contributed by atoms with Crippen LogP contribution in [0.4, 0.5) is 11.5 Å². The molecule has 0 saturated carbocycles. The molecule has 1 aromatic carbocycles. The van der Waals surface area contributed by atoms with Crippen molar-refractivity contribution in [1.82, 2.24) is 4.98 Å². The lowest BCUT2D eigenvalue weighted by Crippen LogP contribution is -2.09. The molecule has 2 aromatic rings. The molecule has 4 nitrogen and oxygen atoms in total. The first-order valence-corrected chi connectivity index (χ1v) is 6.98. The van der Waals surface area contributed by atoms with Crippen LogP contribution in [-0.2, 0) is 6.42 Å². The minimum absolute atomic E-state index is 0.482. The van der Waals surface area contributed by atoms with Crippen molar-refractivity contribution in [2.45, 2.75) is 13.3 Å². The molecular weight excluding hydrogens is 260 g/mol. The van der Waals surface area contributed by atoms with Gasteiger partial charge in [0.1, 0.15) is 17.6 Å². The monoisotopic (exact) mass is 280 g/mol. The van der Waals surface area contributed by atoms with Crippen molar-refractivity contribution in [3.8, 4) is 6.07 Å². The van der Waals surface area contributed by atoms with Gasteiger partial charge in [-0.3, -0.25) is 0 Å². The fourth-order valence-electron chi connectivity index (χ4n) is 2.04. The summed E-state index contributed by atoms with van der Waals surface area (Å²) in [4.78, 5) is 6.37. The molecule has 2 rings (SSSR count). The Kier molecular flexibility index (Phi) is 4.78. The van der Waals surface area contributed by atoms with Crippen LogP contribution >= 0.6 is 0 Å². The minimum Gasteiger partial charge on any atom is -0.378 e. The zero-order chi connectivity index (χ0) is 15.2. The lowest BCUT2D eigenvalue weighted by atomic mass is 10.1. The van der Waals surface area contributed by atoms with Gasteiger partial charge in [-0.2, -0.15) is 5.26 Å². The van der Waals surface area contributed by atoms with Crippen molar-refractivity contribution in [3.05, 3.63) is 53.2 Å². The lowest BCUT2D eigenvalue weighted by molar-refractivity contribution is 1.00. The van der Waals surface area contributed by atoms with Crippen LogP contribution in [0.1, 0.15) is 16.8 Å². The number of nitrogens with one attached hydrogen (secondary N) is 1. The van der Waals surface area contributed by atoms with Crippen LogP contribution in [0, 0.1) is 18.3 Å². The number of hydrogen-bond donors (Lipinski definition) is 1. The van der Waals surface area contributed by atoms with Crippen LogP contribution in [0.5, 0.6) is 0 Å². The Labute approximate surface area is 126 Å². The average molecular weight is 280 g/mol. The van der Waals surface area contributed by atoms with E-state index in [9.17, 15) is 0 Å². The lowest BCUT2D eigenvalue weighted by Gasteiger charge is -2.13. The largest absolute Gasteiger partial charge is 0.378 e. The highest BCUT2D eigenvalue weighted by atomic mass is 15.1. The zero-order valence-corrected chi connectivity index (χ0v) is 12.7. The summed E-state index contributed by atoms with van der Waals surface area (Å²) in [7, 11) is 4.07. The maximum atomic E-state index is 8.97. The Balaban J connectivity index is 1.91. The van der Waals surface area contributed by atoms with E-state index in [2.05, 4.69) is 45.5 Å². The van der Waals surface area contributed by atoms with Crippen LogP contribution in [0.3, 0.4) is 0 Å². The molecule has 0 spiro atoms. The molecule has 0 aliphatic heterocycles. The zero-order valence-electron chi connectivity index (χ0n) is 12.7. The Morgan fingerprint density at radius 2 is 1.86 bits per heavy atom. The van der Waals surface area contributed by atoms with Crippen LogP contribution in [0.2, 0.25) is 0 Å². The fraction of sp³-hybridized carbons (Fsp3) is 0.294. The topological polar surface area (TPSA) is 52.0 Å². The standard InChI is InChI=1S/C17H20N4/c1-13-4-9-17(20-16(13)12-18)19-11-10-14-5-7-15(8-6-14)21(2)3/h4-9H,10-11H2,1-3H3,(H,19,20). The predicted octanol–water partition coefficient (Wildman–Crippen LogP) is 2.98. The summed E-state index contributed by atoms with van der Waals surface area (Å²) in [6.07, 6.45) is 0.922. The first-order chi connectivity index (χ1) is 10.1. The third-order valence-electron chi connectivity index (χ3n) is 3.38. The highest BCUT2D eigenvalue weighted by molar-refractivity contribution is 5.46. The number of hydrogen-bond acceptors (Lipinski definition) is 4. The van der Waals surface area contributed by atoms with E-state index in [-0.39, 0.29) is 0 Å². The van der Waals surface area contributed by atoms with E-state index in [1.165, 1.54) is 11.3 Å². The number of nitrogens with zero attached hydrogens (tertiary/aromatic N) is 3. The first kappa shape index (κ1) is 14.9. The van der Waals surface area contributed by atoms with Crippen molar-refractivity contribution in [2.75, 3.05) is 30.9 Å². The second kappa shape index (κ2) is 6.76. The van der Waals surface area contributed by atoms with Crippen molar-refractivity contribution in [3.63, 3.8) is 0 Å². The normalized spacial score (nSPS) is 10.0. The molecule has 0 unspecified atom stereocenters. The molecule has 1 heterocycles. The highest BCUT2D eigenvalue weighted by Crippen LogP contribution is 2.13.